The number of imide groups is 1. The first-order chi connectivity index (χ1) is 12.6. The van der Waals surface area contributed by atoms with Crippen LogP contribution in [0.5, 0.6) is 0 Å². The number of amides is 3. The van der Waals surface area contributed by atoms with E-state index in [-0.39, 0.29) is 11.9 Å². The van der Waals surface area contributed by atoms with Gasteiger partial charge in [0.15, 0.2) is 11.0 Å². The molecular weight excluding hydrogens is 370 g/mol. The van der Waals surface area contributed by atoms with Crippen molar-refractivity contribution in [3.63, 3.8) is 0 Å². The molecule has 0 radical (unpaired) electrons. The van der Waals surface area contributed by atoms with Crippen LogP contribution < -0.4 is 10.6 Å². The Bertz CT molecular complexity index is 753. The molecule has 7 nitrogen and oxygen atoms in total. The van der Waals surface area contributed by atoms with Gasteiger partial charge in [0.05, 0.1) is 10.1 Å². The molecule has 2 aromatic heterocycles. The van der Waals surface area contributed by atoms with Crippen LogP contribution in [0.15, 0.2) is 22.7 Å². The standard InChI is InChI=1S/C17H23N5O2S2/c1-3-22-14(13-9-6-10-25-13)20-21-17(22)26-11(2)15(23)19-16(24)18-12-7-4-5-8-12/h6,9-12H,3-5,7-8H2,1-2H3,(H2,18,19,23,24). The first-order valence-electron chi connectivity index (χ1n) is 8.83. The molecule has 3 amide bonds. The van der Waals surface area contributed by atoms with Gasteiger partial charge in [-0.05, 0) is 38.1 Å². The third-order valence-corrected chi connectivity index (χ3v) is 6.30. The Morgan fingerprint density at radius 3 is 2.81 bits per heavy atom. The Hall–Kier alpha value is -1.87. The number of aromatic nitrogens is 3. The summed E-state index contributed by atoms with van der Waals surface area (Å²) in [6, 6.07) is 3.74. The lowest BCUT2D eigenvalue weighted by Gasteiger charge is -2.15. The van der Waals surface area contributed by atoms with E-state index in [9.17, 15) is 9.59 Å². The van der Waals surface area contributed by atoms with E-state index in [0.717, 1.165) is 36.4 Å². The highest BCUT2D eigenvalue weighted by atomic mass is 32.2. The van der Waals surface area contributed by atoms with Crippen molar-refractivity contribution in [1.82, 2.24) is 25.4 Å². The molecule has 1 aliphatic rings. The SMILES string of the molecule is CCn1c(SC(C)C(=O)NC(=O)NC2CCCC2)nnc1-c1cccs1. The molecule has 26 heavy (non-hydrogen) atoms. The van der Waals surface area contributed by atoms with Crippen LogP contribution >= 0.6 is 23.1 Å². The molecule has 2 N–H and O–H groups in total. The van der Waals surface area contributed by atoms with Crippen LogP contribution in [0.25, 0.3) is 10.7 Å². The van der Waals surface area contributed by atoms with Crippen molar-refractivity contribution in [3.8, 4) is 10.7 Å². The molecule has 1 atom stereocenters. The second-order valence-corrected chi connectivity index (χ2v) is 8.49. The summed E-state index contributed by atoms with van der Waals surface area (Å²) in [6.07, 6.45) is 4.23. The summed E-state index contributed by atoms with van der Waals surface area (Å²) in [7, 11) is 0. The summed E-state index contributed by atoms with van der Waals surface area (Å²) in [6.45, 7) is 4.49. The zero-order valence-electron chi connectivity index (χ0n) is 14.9. The van der Waals surface area contributed by atoms with Crippen molar-refractivity contribution in [2.75, 3.05) is 0 Å². The normalized spacial score (nSPS) is 15.8. The summed E-state index contributed by atoms with van der Waals surface area (Å²) in [5.74, 6) is 0.477. The number of thiophene rings is 1. The maximum atomic E-state index is 12.3. The van der Waals surface area contributed by atoms with Crippen LogP contribution in [-0.2, 0) is 11.3 Å². The monoisotopic (exact) mass is 393 g/mol. The number of urea groups is 1. The lowest BCUT2D eigenvalue weighted by atomic mass is 10.2. The topological polar surface area (TPSA) is 88.9 Å². The zero-order valence-corrected chi connectivity index (χ0v) is 16.5. The number of thioether (sulfide) groups is 1. The zero-order chi connectivity index (χ0) is 18.5. The van der Waals surface area contributed by atoms with Crippen LogP contribution in [0.3, 0.4) is 0 Å². The van der Waals surface area contributed by atoms with Gasteiger partial charge in [0.2, 0.25) is 5.91 Å². The van der Waals surface area contributed by atoms with Gasteiger partial charge in [-0.15, -0.1) is 21.5 Å². The summed E-state index contributed by atoms with van der Waals surface area (Å²) >= 11 is 2.91. The van der Waals surface area contributed by atoms with Crippen molar-refractivity contribution in [3.05, 3.63) is 17.5 Å². The predicted octanol–water partition coefficient (Wildman–Crippen LogP) is 3.28. The van der Waals surface area contributed by atoms with E-state index in [1.165, 1.54) is 11.8 Å². The first-order valence-corrected chi connectivity index (χ1v) is 10.6. The van der Waals surface area contributed by atoms with E-state index in [1.807, 2.05) is 29.0 Å². The largest absolute Gasteiger partial charge is 0.335 e. The second kappa shape index (κ2) is 8.68. The lowest BCUT2D eigenvalue weighted by Crippen LogP contribution is -2.45. The van der Waals surface area contributed by atoms with E-state index < -0.39 is 11.3 Å². The molecule has 0 aromatic carbocycles. The first kappa shape index (κ1) is 18.9. The van der Waals surface area contributed by atoms with Gasteiger partial charge in [0, 0.05) is 12.6 Å². The molecule has 0 aliphatic heterocycles. The van der Waals surface area contributed by atoms with Crippen molar-refractivity contribution >= 4 is 35.0 Å². The van der Waals surface area contributed by atoms with Crippen LogP contribution in [0.1, 0.15) is 39.5 Å². The second-order valence-electron chi connectivity index (χ2n) is 6.23. The molecule has 1 aliphatic carbocycles. The van der Waals surface area contributed by atoms with Crippen LogP contribution in [0.2, 0.25) is 0 Å². The van der Waals surface area contributed by atoms with Crippen molar-refractivity contribution in [2.45, 2.75) is 62.5 Å². The third kappa shape index (κ3) is 4.45. The fraction of sp³-hybridized carbons (Fsp3) is 0.529. The van der Waals surface area contributed by atoms with E-state index in [2.05, 4.69) is 20.8 Å². The highest BCUT2D eigenvalue weighted by Gasteiger charge is 2.23. The molecule has 140 valence electrons. The third-order valence-electron chi connectivity index (χ3n) is 4.35. The van der Waals surface area contributed by atoms with Gasteiger partial charge in [-0.3, -0.25) is 10.1 Å². The molecule has 0 saturated heterocycles. The minimum absolute atomic E-state index is 0.183. The van der Waals surface area contributed by atoms with E-state index >= 15 is 0 Å². The van der Waals surface area contributed by atoms with Crippen LogP contribution in [0, 0.1) is 0 Å². The quantitative estimate of drug-likeness (QED) is 0.735. The molecule has 0 bridgehead atoms. The number of rotatable bonds is 6. The molecule has 3 rings (SSSR count). The summed E-state index contributed by atoms with van der Waals surface area (Å²) in [5.41, 5.74) is 0. The average Bonchev–Trinajstić information content (AvgIpc) is 3.35. The van der Waals surface area contributed by atoms with E-state index in [0.29, 0.717) is 11.7 Å². The number of nitrogens with one attached hydrogen (secondary N) is 2. The summed E-state index contributed by atoms with van der Waals surface area (Å²) in [5, 5.41) is 16.0. The van der Waals surface area contributed by atoms with E-state index in [4.69, 9.17) is 0 Å². The number of carbonyl (C=O) groups is 2. The average molecular weight is 394 g/mol. The van der Waals surface area contributed by atoms with Crippen LogP contribution in [0.4, 0.5) is 4.79 Å². The highest BCUT2D eigenvalue weighted by molar-refractivity contribution is 8.00. The van der Waals surface area contributed by atoms with Crippen molar-refractivity contribution < 1.29 is 9.59 Å². The fourth-order valence-corrected chi connectivity index (χ4v) is 4.60. The molecule has 1 unspecified atom stereocenters. The number of hydrogen-bond donors (Lipinski definition) is 2. The van der Waals surface area contributed by atoms with Gasteiger partial charge in [-0.2, -0.15) is 0 Å². The molecule has 9 heteroatoms. The number of nitrogens with zero attached hydrogens (tertiary/aromatic N) is 3. The molecule has 2 heterocycles. The van der Waals surface area contributed by atoms with Gasteiger partial charge in [-0.1, -0.05) is 30.7 Å². The van der Waals surface area contributed by atoms with Crippen molar-refractivity contribution in [1.29, 1.82) is 0 Å². The van der Waals surface area contributed by atoms with Gasteiger partial charge < -0.3 is 9.88 Å². The Morgan fingerprint density at radius 1 is 1.38 bits per heavy atom. The molecule has 1 fully saturated rings. The maximum Gasteiger partial charge on any atom is 0.321 e. The number of carbonyl (C=O) groups excluding carboxylic acids is 2. The minimum atomic E-state index is -0.449. The van der Waals surface area contributed by atoms with Gasteiger partial charge in [-0.25, -0.2) is 4.79 Å². The molecule has 2 aromatic rings. The van der Waals surface area contributed by atoms with Gasteiger partial charge >= 0.3 is 6.03 Å². The van der Waals surface area contributed by atoms with Gasteiger partial charge in [0.25, 0.3) is 0 Å². The molecule has 0 spiro atoms. The van der Waals surface area contributed by atoms with Crippen molar-refractivity contribution in [2.24, 2.45) is 0 Å². The Balaban J connectivity index is 1.59. The predicted molar refractivity (Wildman–Crippen MR) is 103 cm³/mol. The van der Waals surface area contributed by atoms with E-state index in [1.54, 1.807) is 18.3 Å². The molecule has 1 saturated carbocycles. The lowest BCUT2D eigenvalue weighted by molar-refractivity contribution is -0.119. The minimum Gasteiger partial charge on any atom is -0.335 e. The molecular formula is C17H23N5O2S2. The summed E-state index contributed by atoms with van der Waals surface area (Å²) < 4.78 is 1.98. The Morgan fingerprint density at radius 2 is 2.15 bits per heavy atom. The Labute approximate surface area is 161 Å². The highest BCUT2D eigenvalue weighted by Crippen LogP contribution is 2.29. The fourth-order valence-electron chi connectivity index (χ4n) is 2.97. The van der Waals surface area contributed by atoms with Gasteiger partial charge in [0.1, 0.15) is 0 Å². The maximum absolute atomic E-state index is 12.3. The smallest absolute Gasteiger partial charge is 0.321 e. The van der Waals surface area contributed by atoms with Crippen LogP contribution in [-0.4, -0.2) is 38.0 Å². The number of hydrogen-bond acceptors (Lipinski definition) is 6. The Kier molecular flexibility index (Phi) is 6.31. The summed E-state index contributed by atoms with van der Waals surface area (Å²) in [4.78, 5) is 25.3.